The molecule has 2 aromatic carbocycles. The summed E-state index contributed by atoms with van der Waals surface area (Å²) in [6.07, 6.45) is 0. The van der Waals surface area contributed by atoms with Gasteiger partial charge in [0.2, 0.25) is 0 Å². The van der Waals surface area contributed by atoms with E-state index in [-0.39, 0.29) is 16.1 Å². The number of halogens is 3. The molecule has 0 aromatic heterocycles. The minimum absolute atomic E-state index is 0.0637. The molecule has 0 saturated heterocycles. The largest absolute Gasteiger partial charge is 0.478 e. The van der Waals surface area contributed by atoms with E-state index >= 15 is 0 Å². The van der Waals surface area contributed by atoms with Crippen LogP contribution >= 0.6 is 27.5 Å². The summed E-state index contributed by atoms with van der Waals surface area (Å²) < 4.78 is 14.1. The molecule has 0 radical (unpaired) electrons. The highest BCUT2D eigenvalue weighted by atomic mass is 79.9. The summed E-state index contributed by atoms with van der Waals surface area (Å²) in [4.78, 5) is 22.8. The molecule has 0 atom stereocenters. The predicted molar refractivity (Wildman–Crippen MR) is 80.5 cm³/mol. The Balaban J connectivity index is 2.28. The average Bonchev–Trinajstić information content (AvgIpc) is 2.43. The first-order chi connectivity index (χ1) is 9.90. The van der Waals surface area contributed by atoms with Crippen molar-refractivity contribution in [1.82, 2.24) is 0 Å². The molecule has 0 aliphatic carbocycles. The minimum Gasteiger partial charge on any atom is -0.478 e. The van der Waals surface area contributed by atoms with Crippen LogP contribution in [0.15, 0.2) is 40.9 Å². The van der Waals surface area contributed by atoms with E-state index in [1.54, 1.807) is 0 Å². The van der Waals surface area contributed by atoms with Gasteiger partial charge >= 0.3 is 5.97 Å². The zero-order chi connectivity index (χ0) is 15.6. The van der Waals surface area contributed by atoms with Gasteiger partial charge in [0.05, 0.1) is 21.8 Å². The van der Waals surface area contributed by atoms with E-state index < -0.39 is 17.7 Å². The first-order valence-corrected chi connectivity index (χ1v) is 6.85. The number of nitrogens with one attached hydrogen (secondary N) is 1. The van der Waals surface area contributed by atoms with Crippen LogP contribution in [0.5, 0.6) is 0 Å². The third kappa shape index (κ3) is 3.40. The van der Waals surface area contributed by atoms with Crippen LogP contribution in [0.25, 0.3) is 0 Å². The van der Waals surface area contributed by atoms with Crippen LogP contribution in [0.1, 0.15) is 20.7 Å². The van der Waals surface area contributed by atoms with Gasteiger partial charge in [-0.2, -0.15) is 0 Å². The first-order valence-electron chi connectivity index (χ1n) is 5.68. The van der Waals surface area contributed by atoms with Crippen LogP contribution < -0.4 is 5.32 Å². The fourth-order valence-electron chi connectivity index (χ4n) is 1.62. The Morgan fingerprint density at radius 3 is 2.57 bits per heavy atom. The number of carbonyl (C=O) groups is 2. The van der Waals surface area contributed by atoms with E-state index in [9.17, 15) is 14.0 Å². The fourth-order valence-corrected chi connectivity index (χ4v) is 2.27. The Bertz CT molecular complexity index is 736. The van der Waals surface area contributed by atoms with Crippen LogP contribution in [0.2, 0.25) is 5.02 Å². The monoisotopic (exact) mass is 371 g/mol. The summed E-state index contributed by atoms with van der Waals surface area (Å²) in [7, 11) is 0. The smallest absolute Gasteiger partial charge is 0.335 e. The fraction of sp³-hybridized carbons (Fsp3) is 0. The SMILES string of the molecule is O=C(O)c1ccc(NC(=O)c2cccc(Cl)c2F)c(Br)c1. The molecule has 108 valence electrons. The summed E-state index contributed by atoms with van der Waals surface area (Å²) >= 11 is 8.77. The van der Waals surface area contributed by atoms with Crippen molar-refractivity contribution in [2.45, 2.75) is 0 Å². The number of anilines is 1. The molecule has 0 bridgehead atoms. The minimum atomic E-state index is -1.09. The normalized spacial score (nSPS) is 10.2. The van der Waals surface area contributed by atoms with Gasteiger partial charge in [0.25, 0.3) is 5.91 Å². The summed E-state index contributed by atoms with van der Waals surface area (Å²) in [6, 6.07) is 8.18. The Labute approximate surface area is 132 Å². The molecule has 0 saturated carbocycles. The zero-order valence-electron chi connectivity index (χ0n) is 10.4. The third-order valence-electron chi connectivity index (χ3n) is 2.66. The molecule has 4 nitrogen and oxygen atoms in total. The van der Waals surface area contributed by atoms with Crippen LogP contribution in [-0.4, -0.2) is 17.0 Å². The van der Waals surface area contributed by atoms with Crippen LogP contribution in [0.3, 0.4) is 0 Å². The Morgan fingerprint density at radius 1 is 1.24 bits per heavy atom. The highest BCUT2D eigenvalue weighted by Crippen LogP contribution is 2.25. The van der Waals surface area contributed by atoms with Gasteiger partial charge in [-0.05, 0) is 46.3 Å². The number of carboxylic acid groups (broad SMARTS) is 1. The lowest BCUT2D eigenvalue weighted by molar-refractivity contribution is 0.0696. The van der Waals surface area contributed by atoms with Crippen molar-refractivity contribution in [3.8, 4) is 0 Å². The number of carbonyl (C=O) groups excluding carboxylic acids is 1. The number of aromatic carboxylic acids is 1. The molecule has 1 amide bonds. The second-order valence-corrected chi connectivity index (χ2v) is 5.32. The number of amides is 1. The molecule has 2 rings (SSSR count). The Kier molecular flexibility index (Phi) is 4.59. The number of hydrogen-bond donors (Lipinski definition) is 2. The van der Waals surface area contributed by atoms with Crippen LogP contribution in [0, 0.1) is 5.82 Å². The van der Waals surface area contributed by atoms with E-state index in [0.29, 0.717) is 10.2 Å². The summed E-state index contributed by atoms with van der Waals surface area (Å²) in [5, 5.41) is 11.2. The van der Waals surface area contributed by atoms with Crippen LogP contribution in [0.4, 0.5) is 10.1 Å². The van der Waals surface area contributed by atoms with E-state index in [4.69, 9.17) is 16.7 Å². The quantitative estimate of drug-likeness (QED) is 0.849. The maximum Gasteiger partial charge on any atom is 0.335 e. The number of carboxylic acids is 1. The lowest BCUT2D eigenvalue weighted by Gasteiger charge is -2.09. The van der Waals surface area contributed by atoms with Crippen molar-refractivity contribution < 1.29 is 19.1 Å². The number of rotatable bonds is 3. The average molecular weight is 373 g/mol. The van der Waals surface area contributed by atoms with Gasteiger partial charge in [0, 0.05) is 4.47 Å². The summed E-state index contributed by atoms with van der Waals surface area (Å²) in [5.74, 6) is -2.58. The maximum atomic E-state index is 13.7. The zero-order valence-corrected chi connectivity index (χ0v) is 12.7. The molecule has 0 spiro atoms. The molecule has 0 heterocycles. The maximum absolute atomic E-state index is 13.7. The third-order valence-corrected chi connectivity index (χ3v) is 3.61. The highest BCUT2D eigenvalue weighted by molar-refractivity contribution is 9.10. The van der Waals surface area contributed by atoms with Gasteiger partial charge in [-0.1, -0.05) is 17.7 Å². The second-order valence-electron chi connectivity index (χ2n) is 4.06. The molecule has 21 heavy (non-hydrogen) atoms. The number of benzene rings is 2. The topological polar surface area (TPSA) is 66.4 Å². The Morgan fingerprint density at radius 2 is 1.95 bits per heavy atom. The number of hydrogen-bond acceptors (Lipinski definition) is 2. The van der Waals surface area contributed by atoms with Crippen molar-refractivity contribution in [2.24, 2.45) is 0 Å². The molecule has 0 aliphatic rings. The molecule has 0 fully saturated rings. The molecule has 7 heteroatoms. The second kappa shape index (κ2) is 6.24. The lowest BCUT2D eigenvalue weighted by atomic mass is 10.1. The summed E-state index contributed by atoms with van der Waals surface area (Å²) in [5.41, 5.74) is 0.190. The Hall–Kier alpha value is -1.92. The van der Waals surface area contributed by atoms with Crippen molar-refractivity contribution in [3.05, 3.63) is 62.8 Å². The lowest BCUT2D eigenvalue weighted by Crippen LogP contribution is -2.14. The van der Waals surface area contributed by atoms with E-state index in [2.05, 4.69) is 21.2 Å². The van der Waals surface area contributed by atoms with Crippen molar-refractivity contribution in [1.29, 1.82) is 0 Å². The molecular formula is C14H8BrClFNO3. The van der Waals surface area contributed by atoms with Gasteiger partial charge in [-0.15, -0.1) is 0 Å². The molecule has 0 aliphatic heterocycles. The van der Waals surface area contributed by atoms with Crippen LogP contribution in [-0.2, 0) is 0 Å². The summed E-state index contributed by atoms with van der Waals surface area (Å²) in [6.45, 7) is 0. The first kappa shape index (κ1) is 15.5. The predicted octanol–water partition coefficient (Wildman–Crippen LogP) is 4.19. The molecular weight excluding hydrogens is 365 g/mol. The highest BCUT2D eigenvalue weighted by Gasteiger charge is 2.16. The van der Waals surface area contributed by atoms with Crippen molar-refractivity contribution >= 4 is 45.1 Å². The van der Waals surface area contributed by atoms with Gasteiger partial charge in [-0.3, -0.25) is 4.79 Å². The van der Waals surface area contributed by atoms with E-state index in [1.807, 2.05) is 0 Å². The van der Waals surface area contributed by atoms with Gasteiger partial charge in [0.1, 0.15) is 0 Å². The molecule has 2 N–H and O–H groups in total. The van der Waals surface area contributed by atoms with E-state index in [0.717, 1.165) is 0 Å². The molecule has 0 unspecified atom stereocenters. The van der Waals surface area contributed by atoms with Gasteiger partial charge in [0.15, 0.2) is 5.82 Å². The van der Waals surface area contributed by atoms with E-state index in [1.165, 1.54) is 36.4 Å². The van der Waals surface area contributed by atoms with Crippen molar-refractivity contribution in [2.75, 3.05) is 5.32 Å². The molecule has 2 aromatic rings. The van der Waals surface area contributed by atoms with Gasteiger partial charge < -0.3 is 10.4 Å². The standard InChI is InChI=1S/C14H8BrClFNO3/c15-9-6-7(14(20)21)4-5-11(9)18-13(19)8-2-1-3-10(16)12(8)17/h1-6H,(H,18,19)(H,20,21). The van der Waals surface area contributed by atoms with Gasteiger partial charge in [-0.25, -0.2) is 9.18 Å². The van der Waals surface area contributed by atoms with Crippen molar-refractivity contribution in [3.63, 3.8) is 0 Å².